The van der Waals surface area contributed by atoms with Crippen LogP contribution in [0.3, 0.4) is 0 Å². The lowest BCUT2D eigenvalue weighted by Crippen LogP contribution is -2.40. The highest BCUT2D eigenvalue weighted by Crippen LogP contribution is 2.21. The molecule has 1 aliphatic heterocycles. The quantitative estimate of drug-likeness (QED) is 0.787. The van der Waals surface area contributed by atoms with Gasteiger partial charge in [-0.25, -0.2) is 0 Å². The van der Waals surface area contributed by atoms with Gasteiger partial charge in [-0.1, -0.05) is 18.2 Å². The first-order valence-electron chi connectivity index (χ1n) is 8.05. The van der Waals surface area contributed by atoms with Gasteiger partial charge in [0.1, 0.15) is 5.75 Å². The van der Waals surface area contributed by atoms with E-state index in [1.165, 1.54) is 5.56 Å². The molecule has 0 aromatic heterocycles. The van der Waals surface area contributed by atoms with E-state index in [0.717, 1.165) is 38.2 Å². The molecule has 1 aromatic carbocycles. The van der Waals surface area contributed by atoms with Crippen molar-refractivity contribution in [3.05, 3.63) is 42.5 Å². The number of hydrogen-bond donors (Lipinski definition) is 1. The monoisotopic (exact) mass is 302 g/mol. The van der Waals surface area contributed by atoms with Gasteiger partial charge in [-0.2, -0.15) is 0 Å². The molecule has 4 nitrogen and oxygen atoms in total. The maximum atomic E-state index is 11.9. The SMILES string of the molecule is C=CCNC(=O)C1CCN(Cc2cccc(OCC)c2)CC1. The van der Waals surface area contributed by atoms with Gasteiger partial charge in [0, 0.05) is 19.0 Å². The van der Waals surface area contributed by atoms with Gasteiger partial charge < -0.3 is 10.1 Å². The largest absolute Gasteiger partial charge is 0.494 e. The highest BCUT2D eigenvalue weighted by atomic mass is 16.5. The van der Waals surface area contributed by atoms with E-state index in [2.05, 4.69) is 28.9 Å². The summed E-state index contributed by atoms with van der Waals surface area (Å²) in [5, 5.41) is 2.90. The molecule has 0 saturated carbocycles. The average Bonchev–Trinajstić information content (AvgIpc) is 2.54. The summed E-state index contributed by atoms with van der Waals surface area (Å²) in [6.45, 7) is 9.71. The molecule has 1 fully saturated rings. The van der Waals surface area contributed by atoms with E-state index in [0.29, 0.717) is 13.2 Å². The molecule has 0 radical (unpaired) electrons. The second-order valence-electron chi connectivity index (χ2n) is 5.66. The van der Waals surface area contributed by atoms with Gasteiger partial charge in [0.25, 0.3) is 0 Å². The number of likely N-dealkylation sites (tertiary alicyclic amines) is 1. The molecule has 4 heteroatoms. The Hall–Kier alpha value is -1.81. The average molecular weight is 302 g/mol. The van der Waals surface area contributed by atoms with Gasteiger partial charge in [0.2, 0.25) is 5.91 Å². The van der Waals surface area contributed by atoms with Crippen LogP contribution in [0.1, 0.15) is 25.3 Å². The third kappa shape index (κ3) is 4.88. The molecule has 1 aromatic rings. The van der Waals surface area contributed by atoms with Crippen molar-refractivity contribution in [1.29, 1.82) is 0 Å². The predicted octanol–water partition coefficient (Wildman–Crippen LogP) is 2.60. The predicted molar refractivity (Wildman–Crippen MR) is 88.8 cm³/mol. The normalized spacial score (nSPS) is 16.2. The zero-order valence-corrected chi connectivity index (χ0v) is 13.4. The van der Waals surface area contributed by atoms with Gasteiger partial charge in [-0.15, -0.1) is 6.58 Å². The Morgan fingerprint density at radius 1 is 1.45 bits per heavy atom. The summed E-state index contributed by atoms with van der Waals surface area (Å²) in [4.78, 5) is 14.3. The molecule has 120 valence electrons. The van der Waals surface area contributed by atoms with E-state index in [1.807, 2.05) is 19.1 Å². The van der Waals surface area contributed by atoms with Crippen molar-refractivity contribution in [2.75, 3.05) is 26.2 Å². The fourth-order valence-corrected chi connectivity index (χ4v) is 2.83. The first-order chi connectivity index (χ1) is 10.7. The smallest absolute Gasteiger partial charge is 0.223 e. The van der Waals surface area contributed by atoms with E-state index in [-0.39, 0.29) is 11.8 Å². The first-order valence-corrected chi connectivity index (χ1v) is 8.05. The van der Waals surface area contributed by atoms with E-state index in [9.17, 15) is 4.79 Å². The molecular weight excluding hydrogens is 276 g/mol. The number of hydrogen-bond acceptors (Lipinski definition) is 3. The molecular formula is C18H26N2O2. The molecule has 22 heavy (non-hydrogen) atoms. The standard InChI is InChI=1S/C18H26N2O2/c1-3-10-19-18(21)16-8-11-20(12-9-16)14-15-6-5-7-17(13-15)22-4-2/h3,5-7,13,16H,1,4,8-12,14H2,2H3,(H,19,21). The van der Waals surface area contributed by atoms with Gasteiger partial charge in [0.05, 0.1) is 6.61 Å². The third-order valence-corrected chi connectivity index (χ3v) is 3.99. The molecule has 1 amide bonds. The summed E-state index contributed by atoms with van der Waals surface area (Å²) in [6, 6.07) is 8.26. The van der Waals surface area contributed by atoms with Crippen LogP contribution >= 0.6 is 0 Å². The van der Waals surface area contributed by atoms with Crippen molar-refractivity contribution >= 4 is 5.91 Å². The lowest BCUT2D eigenvalue weighted by atomic mass is 9.95. The van der Waals surface area contributed by atoms with E-state index in [4.69, 9.17) is 4.74 Å². The van der Waals surface area contributed by atoms with Crippen LogP contribution in [0.4, 0.5) is 0 Å². The Labute approximate surface area is 133 Å². The zero-order valence-electron chi connectivity index (χ0n) is 13.4. The Kier molecular flexibility index (Phi) is 6.46. The lowest BCUT2D eigenvalue weighted by Gasteiger charge is -2.31. The lowest BCUT2D eigenvalue weighted by molar-refractivity contribution is -0.126. The van der Waals surface area contributed by atoms with Crippen LogP contribution in [0.15, 0.2) is 36.9 Å². The van der Waals surface area contributed by atoms with Crippen molar-refractivity contribution in [2.24, 2.45) is 5.92 Å². The summed E-state index contributed by atoms with van der Waals surface area (Å²) in [5.74, 6) is 1.24. The maximum Gasteiger partial charge on any atom is 0.223 e. The Morgan fingerprint density at radius 2 is 2.23 bits per heavy atom. The molecule has 0 spiro atoms. The molecule has 1 saturated heterocycles. The van der Waals surface area contributed by atoms with Crippen molar-refractivity contribution in [1.82, 2.24) is 10.2 Å². The van der Waals surface area contributed by atoms with Crippen molar-refractivity contribution in [2.45, 2.75) is 26.3 Å². The highest BCUT2D eigenvalue weighted by Gasteiger charge is 2.24. The summed E-state index contributed by atoms with van der Waals surface area (Å²) in [5.41, 5.74) is 1.26. The number of carbonyl (C=O) groups is 1. The molecule has 0 bridgehead atoms. The number of benzene rings is 1. The fraction of sp³-hybridized carbons (Fsp3) is 0.500. The molecule has 1 N–H and O–H groups in total. The number of rotatable bonds is 7. The first kappa shape index (κ1) is 16.6. The number of piperidine rings is 1. The van der Waals surface area contributed by atoms with Crippen LogP contribution in [0.25, 0.3) is 0 Å². The second kappa shape index (κ2) is 8.59. The molecule has 0 unspecified atom stereocenters. The molecule has 1 heterocycles. The number of nitrogens with zero attached hydrogens (tertiary/aromatic N) is 1. The number of nitrogens with one attached hydrogen (secondary N) is 1. The minimum Gasteiger partial charge on any atom is -0.494 e. The minimum atomic E-state index is 0.144. The van der Waals surface area contributed by atoms with Crippen molar-refractivity contribution in [3.8, 4) is 5.75 Å². The number of carbonyl (C=O) groups excluding carboxylic acids is 1. The van der Waals surface area contributed by atoms with Gasteiger partial charge in [0.15, 0.2) is 0 Å². The van der Waals surface area contributed by atoms with Crippen LogP contribution < -0.4 is 10.1 Å². The van der Waals surface area contributed by atoms with Gasteiger partial charge >= 0.3 is 0 Å². The topological polar surface area (TPSA) is 41.6 Å². The second-order valence-corrected chi connectivity index (χ2v) is 5.66. The Balaban J connectivity index is 1.81. The molecule has 0 atom stereocenters. The van der Waals surface area contributed by atoms with Crippen LogP contribution in [-0.2, 0) is 11.3 Å². The minimum absolute atomic E-state index is 0.144. The van der Waals surface area contributed by atoms with E-state index >= 15 is 0 Å². The summed E-state index contributed by atoms with van der Waals surface area (Å²) in [6.07, 6.45) is 3.57. The maximum absolute atomic E-state index is 11.9. The van der Waals surface area contributed by atoms with Crippen molar-refractivity contribution < 1.29 is 9.53 Å². The highest BCUT2D eigenvalue weighted by molar-refractivity contribution is 5.78. The Morgan fingerprint density at radius 3 is 2.91 bits per heavy atom. The van der Waals surface area contributed by atoms with Gasteiger partial charge in [-0.3, -0.25) is 9.69 Å². The number of ether oxygens (including phenoxy) is 1. The molecule has 0 aliphatic carbocycles. The van der Waals surface area contributed by atoms with Crippen molar-refractivity contribution in [3.63, 3.8) is 0 Å². The van der Waals surface area contributed by atoms with Gasteiger partial charge in [-0.05, 0) is 50.6 Å². The van der Waals surface area contributed by atoms with Crippen LogP contribution in [0.2, 0.25) is 0 Å². The summed E-state index contributed by atoms with van der Waals surface area (Å²) in [7, 11) is 0. The summed E-state index contributed by atoms with van der Waals surface area (Å²) >= 11 is 0. The summed E-state index contributed by atoms with van der Waals surface area (Å²) < 4.78 is 5.54. The third-order valence-electron chi connectivity index (χ3n) is 3.99. The van der Waals surface area contributed by atoms with Crippen LogP contribution in [0, 0.1) is 5.92 Å². The number of amides is 1. The fourth-order valence-electron chi connectivity index (χ4n) is 2.83. The zero-order chi connectivity index (χ0) is 15.8. The molecule has 2 rings (SSSR count). The van der Waals surface area contributed by atoms with E-state index in [1.54, 1.807) is 6.08 Å². The Bertz CT molecular complexity index is 494. The van der Waals surface area contributed by atoms with Crippen LogP contribution in [-0.4, -0.2) is 37.0 Å². The van der Waals surface area contributed by atoms with Crippen LogP contribution in [0.5, 0.6) is 5.75 Å². The molecule has 1 aliphatic rings. The van der Waals surface area contributed by atoms with E-state index < -0.39 is 0 Å².